The highest BCUT2D eigenvalue weighted by Crippen LogP contribution is 2.34. The Morgan fingerprint density at radius 2 is 2.12 bits per heavy atom. The van der Waals surface area contributed by atoms with Crippen LogP contribution in [0.1, 0.15) is 0 Å². The summed E-state index contributed by atoms with van der Waals surface area (Å²) in [4.78, 5) is 0. The van der Waals surface area contributed by atoms with Crippen LogP contribution >= 0.6 is 35.3 Å². The highest BCUT2D eigenvalue weighted by Gasteiger charge is 2.09. The Morgan fingerprint density at radius 1 is 1.50 bits per heavy atom. The standard InChI is InChI=1S/C5H8S3/c1-6-4-5-7-2-3-8-5/h2-3,5H,4H2,1H3. The molecule has 0 aromatic carbocycles. The van der Waals surface area contributed by atoms with Crippen molar-refractivity contribution in [3.8, 4) is 0 Å². The van der Waals surface area contributed by atoms with Gasteiger partial charge in [-0.05, 0) is 17.1 Å². The van der Waals surface area contributed by atoms with Gasteiger partial charge < -0.3 is 0 Å². The molecule has 0 spiro atoms. The lowest BCUT2D eigenvalue weighted by Gasteiger charge is -2.01. The molecule has 0 aromatic rings. The van der Waals surface area contributed by atoms with Gasteiger partial charge >= 0.3 is 0 Å². The third-order valence-corrected chi connectivity index (χ3v) is 4.27. The van der Waals surface area contributed by atoms with Crippen LogP contribution in [0.2, 0.25) is 0 Å². The van der Waals surface area contributed by atoms with Crippen molar-refractivity contribution < 1.29 is 0 Å². The topological polar surface area (TPSA) is 0 Å². The Balaban J connectivity index is 2.10. The lowest BCUT2D eigenvalue weighted by Crippen LogP contribution is -1.93. The number of rotatable bonds is 2. The summed E-state index contributed by atoms with van der Waals surface area (Å²) in [6.07, 6.45) is 2.15. The van der Waals surface area contributed by atoms with Gasteiger partial charge in [0.25, 0.3) is 0 Å². The van der Waals surface area contributed by atoms with E-state index in [9.17, 15) is 0 Å². The zero-order valence-electron chi connectivity index (χ0n) is 4.66. The van der Waals surface area contributed by atoms with Gasteiger partial charge in [0.05, 0.1) is 4.58 Å². The van der Waals surface area contributed by atoms with Crippen LogP contribution in [0.3, 0.4) is 0 Å². The Morgan fingerprint density at radius 3 is 2.62 bits per heavy atom. The van der Waals surface area contributed by atoms with Gasteiger partial charge in [0.1, 0.15) is 0 Å². The number of thioether (sulfide) groups is 3. The molecule has 0 bridgehead atoms. The first-order chi connectivity index (χ1) is 3.93. The molecule has 0 fully saturated rings. The summed E-state index contributed by atoms with van der Waals surface area (Å²) in [6.45, 7) is 0. The molecular weight excluding hydrogens is 156 g/mol. The molecule has 1 aliphatic rings. The van der Waals surface area contributed by atoms with Crippen LogP contribution in [0.25, 0.3) is 0 Å². The van der Waals surface area contributed by atoms with E-state index in [-0.39, 0.29) is 0 Å². The summed E-state index contributed by atoms with van der Waals surface area (Å²) in [5.41, 5.74) is 0. The SMILES string of the molecule is CSCC1SC=CS1. The predicted molar refractivity (Wildman–Crippen MR) is 46.5 cm³/mol. The van der Waals surface area contributed by atoms with Crippen molar-refractivity contribution in [1.82, 2.24) is 0 Å². The van der Waals surface area contributed by atoms with Crippen LogP contribution < -0.4 is 0 Å². The monoisotopic (exact) mass is 164 g/mol. The fraction of sp³-hybridized carbons (Fsp3) is 0.600. The van der Waals surface area contributed by atoms with Crippen LogP contribution in [0.5, 0.6) is 0 Å². The molecule has 3 heteroatoms. The summed E-state index contributed by atoms with van der Waals surface area (Å²) < 4.78 is 0.796. The van der Waals surface area contributed by atoms with E-state index in [4.69, 9.17) is 0 Å². The minimum Gasteiger partial charge on any atom is -0.163 e. The van der Waals surface area contributed by atoms with E-state index in [0.717, 1.165) is 4.58 Å². The second-order valence-electron chi connectivity index (χ2n) is 1.43. The van der Waals surface area contributed by atoms with E-state index in [1.807, 2.05) is 35.3 Å². The van der Waals surface area contributed by atoms with E-state index in [1.54, 1.807) is 0 Å². The van der Waals surface area contributed by atoms with E-state index < -0.39 is 0 Å². The first-order valence-electron chi connectivity index (χ1n) is 2.38. The minimum absolute atomic E-state index is 0.796. The van der Waals surface area contributed by atoms with Crippen molar-refractivity contribution in [1.29, 1.82) is 0 Å². The molecule has 8 heavy (non-hydrogen) atoms. The molecule has 46 valence electrons. The van der Waals surface area contributed by atoms with Gasteiger partial charge in [0.15, 0.2) is 0 Å². The molecule has 0 aliphatic carbocycles. The molecule has 1 aliphatic heterocycles. The van der Waals surface area contributed by atoms with Crippen molar-refractivity contribution in [3.63, 3.8) is 0 Å². The summed E-state index contributed by atoms with van der Waals surface area (Å²) in [5.74, 6) is 1.27. The Labute approximate surface area is 62.9 Å². The average Bonchev–Trinajstić information content (AvgIpc) is 2.19. The summed E-state index contributed by atoms with van der Waals surface area (Å²) in [7, 11) is 0. The lowest BCUT2D eigenvalue weighted by atomic mass is 10.9. The van der Waals surface area contributed by atoms with E-state index in [2.05, 4.69) is 17.1 Å². The summed E-state index contributed by atoms with van der Waals surface area (Å²) >= 11 is 5.77. The second-order valence-corrected chi connectivity index (χ2v) is 4.87. The predicted octanol–water partition coefficient (Wildman–Crippen LogP) is 2.63. The molecule has 0 unspecified atom stereocenters. The molecule has 0 saturated carbocycles. The Bertz CT molecular complexity index is 81.7. The molecule has 0 nitrogen and oxygen atoms in total. The first kappa shape index (κ1) is 6.90. The van der Waals surface area contributed by atoms with Crippen molar-refractivity contribution in [2.75, 3.05) is 12.0 Å². The van der Waals surface area contributed by atoms with Crippen molar-refractivity contribution in [2.45, 2.75) is 4.58 Å². The first-order valence-corrected chi connectivity index (χ1v) is 5.66. The van der Waals surface area contributed by atoms with Crippen LogP contribution in [0.15, 0.2) is 10.8 Å². The van der Waals surface area contributed by atoms with Gasteiger partial charge in [0.2, 0.25) is 0 Å². The zero-order chi connectivity index (χ0) is 5.82. The molecule has 0 amide bonds. The molecule has 0 atom stereocenters. The van der Waals surface area contributed by atoms with Crippen LogP contribution in [-0.2, 0) is 0 Å². The molecule has 0 saturated heterocycles. The van der Waals surface area contributed by atoms with Gasteiger partial charge in [0, 0.05) is 5.75 Å². The van der Waals surface area contributed by atoms with E-state index in [1.165, 1.54) is 5.75 Å². The fourth-order valence-corrected chi connectivity index (χ4v) is 3.71. The van der Waals surface area contributed by atoms with E-state index in [0.29, 0.717) is 0 Å². The quantitative estimate of drug-likeness (QED) is 0.616. The van der Waals surface area contributed by atoms with Crippen LogP contribution in [0.4, 0.5) is 0 Å². The van der Waals surface area contributed by atoms with Gasteiger partial charge in [-0.1, -0.05) is 0 Å². The van der Waals surface area contributed by atoms with Gasteiger partial charge in [-0.3, -0.25) is 0 Å². The number of hydrogen-bond donors (Lipinski definition) is 0. The molecule has 1 rings (SSSR count). The number of hydrogen-bond acceptors (Lipinski definition) is 3. The average molecular weight is 164 g/mol. The second kappa shape index (κ2) is 3.75. The molecule has 0 N–H and O–H groups in total. The van der Waals surface area contributed by atoms with Gasteiger partial charge in [-0.15, -0.1) is 23.5 Å². The fourth-order valence-electron chi connectivity index (χ4n) is 0.486. The maximum atomic E-state index is 2.17. The van der Waals surface area contributed by atoms with Crippen LogP contribution in [-0.4, -0.2) is 16.6 Å². The Kier molecular flexibility index (Phi) is 3.23. The highest BCUT2D eigenvalue weighted by atomic mass is 32.2. The Hall–Kier alpha value is 0.790. The third-order valence-electron chi connectivity index (χ3n) is 0.819. The highest BCUT2D eigenvalue weighted by molar-refractivity contribution is 8.23. The summed E-state index contributed by atoms with van der Waals surface area (Å²) in [6, 6.07) is 0. The van der Waals surface area contributed by atoms with Crippen LogP contribution in [0, 0.1) is 0 Å². The maximum Gasteiger partial charge on any atom is 0.0675 e. The van der Waals surface area contributed by atoms with Crippen molar-refractivity contribution in [2.24, 2.45) is 0 Å². The minimum atomic E-state index is 0.796. The van der Waals surface area contributed by atoms with E-state index >= 15 is 0 Å². The van der Waals surface area contributed by atoms with Gasteiger partial charge in [-0.2, -0.15) is 11.8 Å². The zero-order valence-corrected chi connectivity index (χ0v) is 7.11. The van der Waals surface area contributed by atoms with Gasteiger partial charge in [-0.25, -0.2) is 0 Å². The normalized spacial score (nSPS) is 20.1. The van der Waals surface area contributed by atoms with Crippen molar-refractivity contribution in [3.05, 3.63) is 10.8 Å². The molecule has 0 radical (unpaired) electrons. The molecule has 0 aromatic heterocycles. The molecule has 1 heterocycles. The van der Waals surface area contributed by atoms with Crippen molar-refractivity contribution >= 4 is 35.3 Å². The summed E-state index contributed by atoms with van der Waals surface area (Å²) in [5, 5.41) is 4.34. The molecular formula is C5H8S3. The third kappa shape index (κ3) is 1.96. The smallest absolute Gasteiger partial charge is 0.0675 e. The maximum absolute atomic E-state index is 2.17. The lowest BCUT2D eigenvalue weighted by molar-refractivity contribution is 1.47. The largest absolute Gasteiger partial charge is 0.163 e.